The Bertz CT molecular complexity index is 368. The Labute approximate surface area is 117 Å². The third-order valence-corrected chi connectivity index (χ3v) is 3.95. The van der Waals surface area contributed by atoms with E-state index in [2.05, 4.69) is 6.07 Å². The van der Waals surface area contributed by atoms with Crippen molar-refractivity contribution in [2.24, 2.45) is 17.8 Å². The number of rotatable bonds is 4. The van der Waals surface area contributed by atoms with Crippen LogP contribution in [0.2, 0.25) is 0 Å². The molecule has 0 aromatic heterocycles. The number of carbonyl (C=O) groups excluding carboxylic acids is 1. The zero-order valence-electron chi connectivity index (χ0n) is 11.9. The molecule has 0 heterocycles. The summed E-state index contributed by atoms with van der Waals surface area (Å²) in [7, 11) is 0. The molecule has 3 nitrogen and oxygen atoms in total. The minimum Gasteiger partial charge on any atom is -0.341 e. The van der Waals surface area contributed by atoms with E-state index in [9.17, 15) is 18.0 Å². The second-order valence-corrected chi connectivity index (χ2v) is 5.50. The zero-order chi connectivity index (χ0) is 15.3. The fourth-order valence-electron chi connectivity index (χ4n) is 2.67. The molecule has 1 aliphatic rings. The van der Waals surface area contributed by atoms with Crippen molar-refractivity contribution in [2.75, 3.05) is 13.1 Å². The fourth-order valence-corrected chi connectivity index (χ4v) is 2.67. The maximum Gasteiger partial charge on any atom is 0.391 e. The van der Waals surface area contributed by atoms with Gasteiger partial charge in [0.1, 0.15) is 0 Å². The Balaban J connectivity index is 2.55. The van der Waals surface area contributed by atoms with Gasteiger partial charge in [-0.2, -0.15) is 18.4 Å². The molecule has 0 spiro atoms. The maximum absolute atomic E-state index is 12.6. The zero-order valence-corrected chi connectivity index (χ0v) is 11.9. The number of nitrogens with zero attached hydrogens (tertiary/aromatic N) is 2. The molecule has 114 valence electrons. The number of hydrogen-bond acceptors (Lipinski definition) is 2. The van der Waals surface area contributed by atoms with Crippen molar-refractivity contribution in [3.05, 3.63) is 0 Å². The van der Waals surface area contributed by atoms with Gasteiger partial charge in [0.05, 0.1) is 17.9 Å². The number of amides is 1. The predicted octanol–water partition coefficient (Wildman–Crippen LogP) is 3.36. The fraction of sp³-hybridized carbons (Fsp3) is 0.857. The minimum absolute atomic E-state index is 0.0330. The summed E-state index contributed by atoms with van der Waals surface area (Å²) in [6, 6.07) is 2.07. The molecule has 0 N–H and O–H groups in total. The van der Waals surface area contributed by atoms with Crippen LogP contribution in [-0.4, -0.2) is 30.1 Å². The molecule has 0 saturated heterocycles. The van der Waals surface area contributed by atoms with E-state index in [1.807, 2.05) is 6.92 Å². The molecule has 20 heavy (non-hydrogen) atoms. The van der Waals surface area contributed by atoms with Crippen molar-refractivity contribution in [1.29, 1.82) is 5.26 Å². The average molecular weight is 290 g/mol. The lowest BCUT2D eigenvalue weighted by atomic mass is 9.81. The molecule has 0 bridgehead atoms. The van der Waals surface area contributed by atoms with Gasteiger partial charge in [-0.25, -0.2) is 0 Å². The molecule has 1 rings (SSSR count). The van der Waals surface area contributed by atoms with Crippen LogP contribution in [0.5, 0.6) is 0 Å². The van der Waals surface area contributed by atoms with Gasteiger partial charge in [-0.3, -0.25) is 4.79 Å². The molecular weight excluding hydrogens is 269 g/mol. The molecule has 0 aromatic carbocycles. The van der Waals surface area contributed by atoms with Crippen LogP contribution in [0, 0.1) is 29.1 Å². The second kappa shape index (κ2) is 6.96. The third-order valence-electron chi connectivity index (χ3n) is 3.95. The summed E-state index contributed by atoms with van der Waals surface area (Å²) in [5.41, 5.74) is 0. The number of nitriles is 1. The lowest BCUT2D eigenvalue weighted by molar-refractivity contribution is -0.185. The van der Waals surface area contributed by atoms with Crippen LogP contribution in [0.25, 0.3) is 0 Å². The monoisotopic (exact) mass is 290 g/mol. The van der Waals surface area contributed by atoms with E-state index in [1.165, 1.54) is 0 Å². The highest BCUT2D eigenvalue weighted by Gasteiger charge is 2.42. The summed E-state index contributed by atoms with van der Waals surface area (Å²) in [6.45, 7) is 4.40. The third kappa shape index (κ3) is 4.39. The molecule has 1 unspecified atom stereocenters. The Kier molecular flexibility index (Phi) is 5.85. The molecular formula is C14H21F3N2O. The highest BCUT2D eigenvalue weighted by Crippen LogP contribution is 2.39. The molecule has 6 heteroatoms. The van der Waals surface area contributed by atoms with E-state index in [1.54, 1.807) is 11.8 Å². The molecule has 1 saturated carbocycles. The molecule has 1 atom stereocenters. The van der Waals surface area contributed by atoms with Gasteiger partial charge >= 0.3 is 6.18 Å². The summed E-state index contributed by atoms with van der Waals surface area (Å²) >= 11 is 0. The van der Waals surface area contributed by atoms with E-state index in [0.717, 1.165) is 0 Å². The normalized spacial score (nSPS) is 24.8. The minimum atomic E-state index is -4.15. The highest BCUT2D eigenvalue weighted by atomic mass is 19.4. The maximum atomic E-state index is 12.6. The largest absolute Gasteiger partial charge is 0.391 e. The summed E-state index contributed by atoms with van der Waals surface area (Å²) in [4.78, 5) is 13.9. The van der Waals surface area contributed by atoms with Crippen LogP contribution in [0.3, 0.4) is 0 Å². The summed E-state index contributed by atoms with van der Waals surface area (Å²) in [5.74, 6) is -1.94. The van der Waals surface area contributed by atoms with Crippen molar-refractivity contribution in [1.82, 2.24) is 4.90 Å². The first-order valence-corrected chi connectivity index (χ1v) is 7.04. The van der Waals surface area contributed by atoms with Gasteiger partial charge in [-0.15, -0.1) is 0 Å². The Hall–Kier alpha value is -1.25. The van der Waals surface area contributed by atoms with Crippen LogP contribution in [-0.2, 0) is 4.79 Å². The van der Waals surface area contributed by atoms with Crippen LogP contribution in [0.1, 0.15) is 39.5 Å². The van der Waals surface area contributed by atoms with Crippen LogP contribution < -0.4 is 0 Å². The van der Waals surface area contributed by atoms with E-state index in [4.69, 9.17) is 5.26 Å². The predicted molar refractivity (Wildman–Crippen MR) is 68.5 cm³/mol. The Morgan fingerprint density at radius 1 is 1.35 bits per heavy atom. The van der Waals surface area contributed by atoms with Gasteiger partial charge in [0, 0.05) is 19.0 Å². The lowest BCUT2D eigenvalue weighted by Gasteiger charge is -2.32. The van der Waals surface area contributed by atoms with E-state index >= 15 is 0 Å². The van der Waals surface area contributed by atoms with Crippen LogP contribution >= 0.6 is 0 Å². The Morgan fingerprint density at radius 3 is 2.30 bits per heavy atom. The highest BCUT2D eigenvalue weighted by molar-refractivity contribution is 5.79. The number of halogens is 3. The van der Waals surface area contributed by atoms with E-state index in [0.29, 0.717) is 25.9 Å². The smallest absolute Gasteiger partial charge is 0.341 e. The van der Waals surface area contributed by atoms with E-state index in [-0.39, 0.29) is 30.6 Å². The SMILES string of the molecule is CCN(CC(C)C#N)C(=O)C1CCC(C(F)(F)F)CC1. The summed E-state index contributed by atoms with van der Waals surface area (Å²) in [6.07, 6.45) is -3.49. The molecule has 1 amide bonds. The van der Waals surface area contributed by atoms with E-state index < -0.39 is 12.1 Å². The standard InChI is InChI=1S/C14H21F3N2O/c1-3-19(9-10(2)8-18)13(20)11-4-6-12(7-5-11)14(15,16)17/h10-12H,3-7,9H2,1-2H3. The van der Waals surface area contributed by atoms with Crippen LogP contribution in [0.4, 0.5) is 13.2 Å². The number of hydrogen-bond donors (Lipinski definition) is 0. The second-order valence-electron chi connectivity index (χ2n) is 5.50. The first-order chi connectivity index (χ1) is 9.29. The summed E-state index contributed by atoms with van der Waals surface area (Å²) < 4.78 is 37.7. The molecule has 0 aromatic rings. The van der Waals surface area contributed by atoms with Gasteiger partial charge in [-0.05, 0) is 39.5 Å². The van der Waals surface area contributed by atoms with Crippen molar-refractivity contribution in [3.63, 3.8) is 0 Å². The van der Waals surface area contributed by atoms with Gasteiger partial charge in [0.25, 0.3) is 0 Å². The molecule has 1 aliphatic carbocycles. The molecule has 0 radical (unpaired) electrons. The number of alkyl halides is 3. The van der Waals surface area contributed by atoms with Crippen molar-refractivity contribution in [3.8, 4) is 6.07 Å². The van der Waals surface area contributed by atoms with Gasteiger partial charge in [0.2, 0.25) is 5.91 Å². The average Bonchev–Trinajstić information content (AvgIpc) is 2.42. The van der Waals surface area contributed by atoms with Crippen LogP contribution in [0.15, 0.2) is 0 Å². The van der Waals surface area contributed by atoms with Crippen molar-refractivity contribution < 1.29 is 18.0 Å². The first-order valence-electron chi connectivity index (χ1n) is 7.04. The van der Waals surface area contributed by atoms with Gasteiger partial charge in [-0.1, -0.05) is 0 Å². The van der Waals surface area contributed by atoms with Crippen molar-refractivity contribution in [2.45, 2.75) is 45.7 Å². The topological polar surface area (TPSA) is 44.1 Å². The quantitative estimate of drug-likeness (QED) is 0.797. The molecule has 0 aliphatic heterocycles. The molecule has 1 fully saturated rings. The first kappa shape index (κ1) is 16.8. The number of carbonyl (C=O) groups is 1. The summed E-state index contributed by atoms with van der Waals surface area (Å²) in [5, 5.41) is 8.78. The Morgan fingerprint density at radius 2 is 1.90 bits per heavy atom. The van der Waals surface area contributed by atoms with Gasteiger partial charge < -0.3 is 4.90 Å². The lowest BCUT2D eigenvalue weighted by Crippen LogP contribution is -2.41. The van der Waals surface area contributed by atoms with Gasteiger partial charge in [0.15, 0.2) is 0 Å². The van der Waals surface area contributed by atoms with Crippen molar-refractivity contribution >= 4 is 5.91 Å².